The van der Waals surface area contributed by atoms with Crippen LogP contribution in [0.25, 0.3) is 0 Å². The first-order valence-corrected chi connectivity index (χ1v) is 3.32. The van der Waals surface area contributed by atoms with Crippen LogP contribution in [0.4, 0.5) is 0 Å². The summed E-state index contributed by atoms with van der Waals surface area (Å²) in [5, 5.41) is 0. The molecule has 11 heavy (non-hydrogen) atoms. The van der Waals surface area contributed by atoms with Crippen LogP contribution in [0.15, 0.2) is 42.4 Å². The Kier molecular flexibility index (Phi) is 1.52. The van der Waals surface area contributed by atoms with Gasteiger partial charge in [-0.05, 0) is 11.1 Å². The van der Waals surface area contributed by atoms with Gasteiger partial charge in [0.1, 0.15) is 7.63 Å². The molecule has 0 N–H and O–H groups in total. The molecule has 1 nitrogen and oxygen atoms in total. The Labute approximate surface area is 70.6 Å². The predicted octanol–water partition coefficient (Wildman–Crippen LogP) is 1.98. The van der Waals surface area contributed by atoms with Crippen LogP contribution in [0.3, 0.4) is 0 Å². The molecule has 1 rings (SSSR count). The van der Waals surface area contributed by atoms with Gasteiger partial charge in [-0.25, -0.2) is 0 Å². The molecule has 0 spiro atoms. The predicted molar refractivity (Wildman–Crippen MR) is 45.4 cm³/mol. The van der Waals surface area contributed by atoms with Gasteiger partial charge in [-0.1, -0.05) is 36.9 Å². The molecule has 1 aromatic carbocycles. The van der Waals surface area contributed by atoms with E-state index in [1.165, 1.54) is 0 Å². The SMILES string of the molecule is [2H]C(=O)C(Cc1ccccc1)=C([2H])[2H]. The topological polar surface area (TPSA) is 17.1 Å². The van der Waals surface area contributed by atoms with E-state index < -0.39 is 12.8 Å². The van der Waals surface area contributed by atoms with Crippen molar-refractivity contribution in [2.45, 2.75) is 6.42 Å². The van der Waals surface area contributed by atoms with E-state index in [0.717, 1.165) is 5.56 Å². The fourth-order valence-electron chi connectivity index (χ4n) is 0.836. The van der Waals surface area contributed by atoms with Crippen LogP contribution < -0.4 is 0 Å². The zero-order chi connectivity index (χ0) is 10.6. The maximum absolute atomic E-state index is 10.8. The van der Waals surface area contributed by atoms with Gasteiger partial charge >= 0.3 is 0 Å². The zero-order valence-corrected chi connectivity index (χ0v) is 6.00. The third-order valence-electron chi connectivity index (χ3n) is 1.35. The number of carbonyl (C=O) groups is 1. The van der Waals surface area contributed by atoms with E-state index in [9.17, 15) is 4.79 Å². The lowest BCUT2D eigenvalue weighted by molar-refractivity contribution is -0.104. The van der Waals surface area contributed by atoms with E-state index in [2.05, 4.69) is 0 Å². The molecule has 0 atom stereocenters. The summed E-state index contributed by atoms with van der Waals surface area (Å²) in [6, 6.07) is 9.07. The van der Waals surface area contributed by atoms with Crippen molar-refractivity contribution < 1.29 is 8.91 Å². The molecule has 0 aliphatic rings. The van der Waals surface area contributed by atoms with Gasteiger partial charge in [0.15, 0.2) is 0 Å². The Morgan fingerprint density at radius 3 is 2.91 bits per heavy atom. The van der Waals surface area contributed by atoms with E-state index in [-0.39, 0.29) is 12.0 Å². The van der Waals surface area contributed by atoms with Crippen molar-refractivity contribution in [1.82, 2.24) is 0 Å². The van der Waals surface area contributed by atoms with Gasteiger partial charge in [-0.3, -0.25) is 4.79 Å². The van der Waals surface area contributed by atoms with E-state index >= 15 is 0 Å². The molecule has 56 valence electrons. The highest BCUT2D eigenvalue weighted by Gasteiger charge is 1.92. The molecule has 0 radical (unpaired) electrons. The molecule has 0 saturated carbocycles. The molecule has 1 heteroatoms. The summed E-state index contributed by atoms with van der Waals surface area (Å²) in [5.41, 5.74) is 0.760. The summed E-state index contributed by atoms with van der Waals surface area (Å²) in [5.74, 6) is 0. The summed E-state index contributed by atoms with van der Waals surface area (Å²) in [7, 11) is 0. The Hall–Kier alpha value is -1.37. The van der Waals surface area contributed by atoms with Crippen molar-refractivity contribution in [2.24, 2.45) is 0 Å². The lowest BCUT2D eigenvalue weighted by Gasteiger charge is -1.96. The standard InChI is InChI=1S/C10H10O/c1-9(8-11)7-10-5-3-2-4-6-10/h2-6,8H,1,7H2/i1D2,8D. The van der Waals surface area contributed by atoms with Crippen LogP contribution in [0.2, 0.25) is 0 Å². The highest BCUT2D eigenvalue weighted by molar-refractivity contribution is 5.72. The van der Waals surface area contributed by atoms with Gasteiger partial charge in [-0.2, -0.15) is 0 Å². The molecular weight excluding hydrogens is 136 g/mol. The maximum atomic E-state index is 10.8. The average molecular weight is 149 g/mol. The van der Waals surface area contributed by atoms with Crippen LogP contribution in [-0.4, -0.2) is 6.26 Å². The minimum Gasteiger partial charge on any atom is -0.298 e. The first-order valence-electron chi connectivity index (χ1n) is 4.82. The van der Waals surface area contributed by atoms with Crippen LogP contribution in [-0.2, 0) is 11.2 Å². The number of rotatable bonds is 3. The summed E-state index contributed by atoms with van der Waals surface area (Å²) >= 11 is 0. The smallest absolute Gasteiger partial charge is 0.145 e. The third-order valence-corrected chi connectivity index (χ3v) is 1.35. The van der Waals surface area contributed by atoms with Gasteiger partial charge in [0.2, 0.25) is 0 Å². The second-order valence-electron chi connectivity index (χ2n) is 2.24. The maximum Gasteiger partial charge on any atom is 0.145 e. The van der Waals surface area contributed by atoms with Crippen molar-refractivity contribution in [3.63, 3.8) is 0 Å². The first-order chi connectivity index (χ1) is 6.61. The van der Waals surface area contributed by atoms with Crippen molar-refractivity contribution in [1.29, 1.82) is 0 Å². The Balaban J connectivity index is 2.87. The lowest BCUT2D eigenvalue weighted by Crippen LogP contribution is -1.88. The Morgan fingerprint density at radius 2 is 2.36 bits per heavy atom. The molecular formula is C10H10O. The number of allylic oxidation sites excluding steroid dienone is 1. The van der Waals surface area contributed by atoms with E-state index in [1.807, 2.05) is 18.2 Å². The minimum absolute atomic E-state index is 0.0730. The second kappa shape index (κ2) is 3.71. The average Bonchev–Trinajstić information content (AvgIpc) is 2.15. The van der Waals surface area contributed by atoms with Crippen LogP contribution in [0.5, 0.6) is 0 Å². The number of aldehydes is 1. The minimum atomic E-state index is -0.950. The monoisotopic (exact) mass is 149 g/mol. The van der Waals surface area contributed by atoms with Crippen LogP contribution in [0.1, 0.15) is 9.68 Å². The van der Waals surface area contributed by atoms with Gasteiger partial charge in [0.05, 0.1) is 2.74 Å². The number of hydrogen-bond donors (Lipinski definition) is 0. The first kappa shape index (κ1) is 4.50. The highest BCUT2D eigenvalue weighted by Crippen LogP contribution is 2.03. The van der Waals surface area contributed by atoms with Crippen molar-refractivity contribution in [3.8, 4) is 0 Å². The summed E-state index contributed by atoms with van der Waals surface area (Å²) in [4.78, 5) is 10.8. The summed E-state index contributed by atoms with van der Waals surface area (Å²) in [6.45, 7) is -0.575. The number of hydrogen-bond acceptors (Lipinski definition) is 1. The van der Waals surface area contributed by atoms with Crippen molar-refractivity contribution in [3.05, 3.63) is 48.0 Å². The molecule has 0 saturated heterocycles. The fourth-order valence-corrected chi connectivity index (χ4v) is 0.836. The normalized spacial score (nSPS) is 12.5. The molecule has 0 amide bonds. The van der Waals surface area contributed by atoms with Gasteiger partial charge in [-0.15, -0.1) is 0 Å². The van der Waals surface area contributed by atoms with E-state index in [1.54, 1.807) is 12.1 Å². The van der Waals surface area contributed by atoms with E-state index in [4.69, 9.17) is 4.11 Å². The molecule has 0 bridgehead atoms. The molecule has 0 aliphatic heterocycles. The quantitative estimate of drug-likeness (QED) is 0.474. The molecule has 0 aromatic heterocycles. The van der Waals surface area contributed by atoms with Crippen molar-refractivity contribution in [2.75, 3.05) is 0 Å². The number of carbonyl (C=O) groups excluding carboxylic acids is 1. The second-order valence-corrected chi connectivity index (χ2v) is 2.24. The number of benzene rings is 1. The molecule has 0 unspecified atom stereocenters. The van der Waals surface area contributed by atoms with Gasteiger partial charge in [0.25, 0.3) is 0 Å². The highest BCUT2D eigenvalue weighted by atomic mass is 16.1. The van der Waals surface area contributed by atoms with Gasteiger partial charge in [0, 0.05) is 6.42 Å². The molecule has 0 heterocycles. The van der Waals surface area contributed by atoms with Crippen molar-refractivity contribution >= 4 is 6.26 Å². The molecule has 0 aliphatic carbocycles. The van der Waals surface area contributed by atoms with Crippen LogP contribution in [0, 0.1) is 0 Å². The Morgan fingerprint density at radius 1 is 1.64 bits per heavy atom. The molecule has 1 aromatic rings. The third kappa shape index (κ3) is 2.38. The fraction of sp³-hybridized carbons (Fsp3) is 0.100. The summed E-state index contributed by atoms with van der Waals surface area (Å²) < 4.78 is 20.9. The van der Waals surface area contributed by atoms with Gasteiger partial charge < -0.3 is 0 Å². The largest absolute Gasteiger partial charge is 0.298 e. The molecule has 0 fully saturated rings. The lowest BCUT2D eigenvalue weighted by atomic mass is 10.1. The Bertz CT molecular complexity index is 353. The zero-order valence-electron chi connectivity index (χ0n) is 9.00. The van der Waals surface area contributed by atoms with Crippen LogP contribution >= 0.6 is 0 Å². The van der Waals surface area contributed by atoms with E-state index in [0.29, 0.717) is 0 Å². The summed E-state index contributed by atoms with van der Waals surface area (Å²) in [6.07, 6.45) is -0.764.